The van der Waals surface area contributed by atoms with Gasteiger partial charge in [-0.3, -0.25) is 0 Å². The Labute approximate surface area is 103 Å². The van der Waals surface area contributed by atoms with E-state index in [9.17, 15) is 4.79 Å². The maximum atomic E-state index is 10.9. The van der Waals surface area contributed by atoms with Crippen molar-refractivity contribution < 1.29 is 9.90 Å². The molecule has 0 fully saturated rings. The van der Waals surface area contributed by atoms with E-state index in [1.807, 2.05) is 30.5 Å². The molecule has 0 atom stereocenters. The second-order valence-electron chi connectivity index (χ2n) is 3.56. The Morgan fingerprint density at radius 3 is 2.47 bits per heavy atom. The van der Waals surface area contributed by atoms with Gasteiger partial charge < -0.3 is 5.11 Å². The normalized spacial score (nSPS) is 10.5. The first-order valence-electron chi connectivity index (χ1n) is 5.06. The topological polar surface area (TPSA) is 55.1 Å². The Balaban J connectivity index is 2.42. The first-order chi connectivity index (χ1) is 8.13. The standard InChI is InChI=1S/C12H12N2O2S/c1-8-11(12(15)16)7-13-14(8)9-3-5-10(17-2)6-4-9/h3-7H,1-2H3,(H,15,16). The van der Waals surface area contributed by atoms with E-state index >= 15 is 0 Å². The number of hydrogen-bond donors (Lipinski definition) is 1. The van der Waals surface area contributed by atoms with Crippen LogP contribution < -0.4 is 0 Å². The van der Waals surface area contributed by atoms with Gasteiger partial charge in [-0.25, -0.2) is 9.48 Å². The van der Waals surface area contributed by atoms with Crippen LogP contribution in [0.2, 0.25) is 0 Å². The van der Waals surface area contributed by atoms with E-state index in [-0.39, 0.29) is 5.56 Å². The van der Waals surface area contributed by atoms with Gasteiger partial charge in [-0.15, -0.1) is 11.8 Å². The summed E-state index contributed by atoms with van der Waals surface area (Å²) in [5, 5.41) is 13.0. The van der Waals surface area contributed by atoms with Crippen LogP contribution in [0.4, 0.5) is 0 Å². The minimum Gasteiger partial charge on any atom is -0.478 e. The summed E-state index contributed by atoms with van der Waals surface area (Å²) in [6.45, 7) is 1.75. The van der Waals surface area contributed by atoms with E-state index in [2.05, 4.69) is 5.10 Å². The van der Waals surface area contributed by atoms with Gasteiger partial charge in [0.1, 0.15) is 5.56 Å². The number of carbonyl (C=O) groups is 1. The number of nitrogens with zero attached hydrogens (tertiary/aromatic N) is 2. The third-order valence-electron chi connectivity index (χ3n) is 2.56. The molecule has 0 radical (unpaired) electrons. The third kappa shape index (κ3) is 2.19. The monoisotopic (exact) mass is 248 g/mol. The average molecular weight is 248 g/mol. The minimum absolute atomic E-state index is 0.235. The molecule has 1 N–H and O–H groups in total. The molecule has 88 valence electrons. The van der Waals surface area contributed by atoms with Crippen LogP contribution in [0.1, 0.15) is 16.1 Å². The highest BCUT2D eigenvalue weighted by Crippen LogP contribution is 2.19. The number of carboxylic acids is 1. The van der Waals surface area contributed by atoms with Gasteiger partial charge in [0.25, 0.3) is 0 Å². The SMILES string of the molecule is CSc1ccc(-n2ncc(C(=O)O)c2C)cc1. The van der Waals surface area contributed by atoms with Gasteiger partial charge in [-0.2, -0.15) is 5.10 Å². The smallest absolute Gasteiger partial charge is 0.339 e. The Kier molecular flexibility index (Phi) is 3.19. The molecule has 2 aromatic rings. The lowest BCUT2D eigenvalue weighted by molar-refractivity contribution is 0.0696. The van der Waals surface area contributed by atoms with E-state index in [0.717, 1.165) is 10.6 Å². The highest BCUT2D eigenvalue weighted by atomic mass is 32.2. The molecule has 1 aromatic carbocycles. The van der Waals surface area contributed by atoms with Gasteiger partial charge in [0.2, 0.25) is 0 Å². The van der Waals surface area contributed by atoms with Crippen molar-refractivity contribution >= 4 is 17.7 Å². The first-order valence-corrected chi connectivity index (χ1v) is 6.28. The Bertz CT molecular complexity index is 546. The number of aromatic nitrogens is 2. The number of benzene rings is 1. The molecular formula is C12H12N2O2S. The van der Waals surface area contributed by atoms with Crippen LogP contribution in [-0.4, -0.2) is 27.1 Å². The maximum absolute atomic E-state index is 10.9. The lowest BCUT2D eigenvalue weighted by atomic mass is 10.2. The Morgan fingerprint density at radius 2 is 2.00 bits per heavy atom. The molecule has 1 aromatic heterocycles. The zero-order valence-corrected chi connectivity index (χ0v) is 10.4. The highest BCUT2D eigenvalue weighted by Gasteiger charge is 2.13. The molecule has 1 heterocycles. The van der Waals surface area contributed by atoms with Crippen LogP contribution in [0.25, 0.3) is 5.69 Å². The summed E-state index contributed by atoms with van der Waals surface area (Å²) in [5.74, 6) is -0.950. The van der Waals surface area contributed by atoms with Gasteiger partial charge in [-0.1, -0.05) is 0 Å². The zero-order chi connectivity index (χ0) is 12.4. The molecule has 0 saturated carbocycles. The van der Waals surface area contributed by atoms with Crippen LogP contribution >= 0.6 is 11.8 Å². The largest absolute Gasteiger partial charge is 0.478 e. The van der Waals surface area contributed by atoms with Crippen molar-refractivity contribution in [1.29, 1.82) is 0 Å². The van der Waals surface area contributed by atoms with Crippen molar-refractivity contribution in [3.8, 4) is 5.69 Å². The molecule has 0 amide bonds. The molecule has 17 heavy (non-hydrogen) atoms. The number of hydrogen-bond acceptors (Lipinski definition) is 3. The average Bonchev–Trinajstić information content (AvgIpc) is 2.71. The second kappa shape index (κ2) is 4.63. The van der Waals surface area contributed by atoms with Crippen LogP contribution in [0.3, 0.4) is 0 Å². The van der Waals surface area contributed by atoms with Crippen molar-refractivity contribution in [2.75, 3.05) is 6.26 Å². The predicted octanol–water partition coefficient (Wildman–Crippen LogP) is 2.60. The third-order valence-corrected chi connectivity index (χ3v) is 3.30. The highest BCUT2D eigenvalue weighted by molar-refractivity contribution is 7.98. The molecule has 0 spiro atoms. The van der Waals surface area contributed by atoms with Crippen molar-refractivity contribution in [2.24, 2.45) is 0 Å². The summed E-state index contributed by atoms with van der Waals surface area (Å²) in [7, 11) is 0. The lowest BCUT2D eigenvalue weighted by Crippen LogP contribution is -2.02. The number of aromatic carboxylic acids is 1. The van der Waals surface area contributed by atoms with Crippen LogP contribution in [0.15, 0.2) is 35.4 Å². The van der Waals surface area contributed by atoms with Gasteiger partial charge in [-0.05, 0) is 37.4 Å². The Hall–Kier alpha value is -1.75. The molecule has 4 nitrogen and oxygen atoms in total. The summed E-state index contributed by atoms with van der Waals surface area (Å²) in [4.78, 5) is 12.1. The summed E-state index contributed by atoms with van der Waals surface area (Å²) in [6, 6.07) is 7.83. The van der Waals surface area contributed by atoms with E-state index < -0.39 is 5.97 Å². The molecular weight excluding hydrogens is 236 g/mol. The zero-order valence-electron chi connectivity index (χ0n) is 9.54. The molecule has 5 heteroatoms. The van der Waals surface area contributed by atoms with Crippen molar-refractivity contribution in [1.82, 2.24) is 9.78 Å². The van der Waals surface area contributed by atoms with E-state index in [0.29, 0.717) is 5.69 Å². The van der Waals surface area contributed by atoms with Gasteiger partial charge in [0.15, 0.2) is 0 Å². The summed E-state index contributed by atoms with van der Waals surface area (Å²) >= 11 is 1.66. The molecule has 0 aliphatic heterocycles. The molecule has 2 rings (SSSR count). The molecule has 0 aliphatic rings. The predicted molar refractivity (Wildman–Crippen MR) is 67.0 cm³/mol. The van der Waals surface area contributed by atoms with Crippen molar-refractivity contribution in [3.05, 3.63) is 41.7 Å². The number of carboxylic acid groups (broad SMARTS) is 1. The summed E-state index contributed by atoms with van der Waals surface area (Å²) < 4.78 is 1.63. The van der Waals surface area contributed by atoms with Crippen molar-refractivity contribution in [3.63, 3.8) is 0 Å². The Morgan fingerprint density at radius 1 is 1.35 bits per heavy atom. The minimum atomic E-state index is -0.950. The van der Waals surface area contributed by atoms with E-state index in [4.69, 9.17) is 5.11 Å². The lowest BCUT2D eigenvalue weighted by Gasteiger charge is -2.05. The quantitative estimate of drug-likeness (QED) is 0.848. The van der Waals surface area contributed by atoms with E-state index in [1.165, 1.54) is 6.20 Å². The number of rotatable bonds is 3. The van der Waals surface area contributed by atoms with E-state index in [1.54, 1.807) is 23.4 Å². The van der Waals surface area contributed by atoms with Crippen molar-refractivity contribution in [2.45, 2.75) is 11.8 Å². The van der Waals surface area contributed by atoms with Crippen LogP contribution in [-0.2, 0) is 0 Å². The maximum Gasteiger partial charge on any atom is 0.339 e. The van der Waals surface area contributed by atoms with Gasteiger partial charge in [0.05, 0.1) is 17.6 Å². The van der Waals surface area contributed by atoms with Gasteiger partial charge >= 0.3 is 5.97 Å². The van der Waals surface area contributed by atoms with Crippen LogP contribution in [0, 0.1) is 6.92 Å². The fourth-order valence-electron chi connectivity index (χ4n) is 1.60. The second-order valence-corrected chi connectivity index (χ2v) is 4.44. The fraction of sp³-hybridized carbons (Fsp3) is 0.167. The number of thioether (sulfide) groups is 1. The molecule has 0 bridgehead atoms. The summed E-state index contributed by atoms with van der Waals surface area (Å²) in [5.41, 5.74) is 1.74. The van der Waals surface area contributed by atoms with Gasteiger partial charge in [0, 0.05) is 4.90 Å². The molecule has 0 unspecified atom stereocenters. The fourth-order valence-corrected chi connectivity index (χ4v) is 2.01. The van der Waals surface area contributed by atoms with Crippen LogP contribution in [0.5, 0.6) is 0 Å². The molecule has 0 aliphatic carbocycles. The summed E-state index contributed by atoms with van der Waals surface area (Å²) in [6.07, 6.45) is 3.39. The first kappa shape index (κ1) is 11.7. The molecule has 0 saturated heterocycles.